The zero-order valence-electron chi connectivity index (χ0n) is 10.8. The molecule has 0 aliphatic heterocycles. The van der Waals surface area contributed by atoms with Crippen molar-refractivity contribution < 1.29 is 0 Å². The van der Waals surface area contributed by atoms with Crippen LogP contribution in [0.25, 0.3) is 10.9 Å². The molecule has 0 bridgehead atoms. The number of benzene rings is 1. The van der Waals surface area contributed by atoms with Gasteiger partial charge in [0, 0.05) is 11.9 Å². The van der Waals surface area contributed by atoms with Gasteiger partial charge in [-0.15, -0.1) is 0 Å². The molecule has 6 heteroatoms. The Hall–Kier alpha value is -2.18. The first-order valence-corrected chi connectivity index (χ1v) is 7.29. The molecule has 3 aromatic rings. The first-order chi connectivity index (χ1) is 9.86. The molecule has 3 rings (SSSR count). The van der Waals surface area contributed by atoms with Crippen LogP contribution in [-0.4, -0.2) is 16.5 Å². The van der Waals surface area contributed by atoms with E-state index in [1.165, 1.54) is 5.56 Å². The Labute approximate surface area is 120 Å². The molecule has 20 heavy (non-hydrogen) atoms. The predicted octanol–water partition coefficient (Wildman–Crippen LogP) is 2.63. The SMILES string of the molecule is NNc1nc(NCCc2ccsc2)c2ccccc2n1. The number of nitrogens with zero attached hydrogens (tertiary/aromatic N) is 2. The van der Waals surface area contributed by atoms with Crippen molar-refractivity contribution in [2.45, 2.75) is 6.42 Å². The van der Waals surface area contributed by atoms with Gasteiger partial charge in [-0.25, -0.2) is 10.8 Å². The van der Waals surface area contributed by atoms with Crippen LogP contribution in [-0.2, 0) is 6.42 Å². The van der Waals surface area contributed by atoms with Crippen LogP contribution in [0, 0.1) is 0 Å². The number of hydrazine groups is 1. The Kier molecular flexibility index (Phi) is 3.76. The highest BCUT2D eigenvalue weighted by molar-refractivity contribution is 7.07. The molecule has 0 fully saturated rings. The number of aromatic nitrogens is 2. The van der Waals surface area contributed by atoms with Crippen LogP contribution < -0.4 is 16.6 Å². The molecule has 4 N–H and O–H groups in total. The lowest BCUT2D eigenvalue weighted by molar-refractivity contribution is 1.01. The third-order valence-electron chi connectivity index (χ3n) is 3.02. The topological polar surface area (TPSA) is 75.9 Å². The fourth-order valence-corrected chi connectivity index (χ4v) is 2.74. The molecule has 1 aromatic carbocycles. The summed E-state index contributed by atoms with van der Waals surface area (Å²) in [4.78, 5) is 8.71. The number of anilines is 2. The molecule has 0 radical (unpaired) electrons. The normalized spacial score (nSPS) is 10.7. The van der Waals surface area contributed by atoms with Gasteiger partial charge in [0.1, 0.15) is 5.82 Å². The summed E-state index contributed by atoms with van der Waals surface area (Å²) in [6.07, 6.45) is 0.965. The molecule has 0 saturated carbocycles. The number of thiophene rings is 1. The van der Waals surface area contributed by atoms with Crippen molar-refractivity contribution in [1.29, 1.82) is 0 Å². The van der Waals surface area contributed by atoms with E-state index in [9.17, 15) is 0 Å². The molecule has 102 valence electrons. The Morgan fingerprint density at radius 2 is 2.05 bits per heavy atom. The van der Waals surface area contributed by atoms with Gasteiger partial charge in [-0.1, -0.05) is 12.1 Å². The van der Waals surface area contributed by atoms with Crippen molar-refractivity contribution in [2.75, 3.05) is 17.3 Å². The lowest BCUT2D eigenvalue weighted by Gasteiger charge is -2.10. The fraction of sp³-hybridized carbons (Fsp3) is 0.143. The van der Waals surface area contributed by atoms with Gasteiger partial charge in [0.2, 0.25) is 5.95 Å². The smallest absolute Gasteiger partial charge is 0.239 e. The maximum atomic E-state index is 5.41. The number of nitrogen functional groups attached to an aromatic ring is 1. The van der Waals surface area contributed by atoms with Gasteiger partial charge in [0.15, 0.2) is 0 Å². The van der Waals surface area contributed by atoms with Gasteiger partial charge in [0.05, 0.1) is 5.52 Å². The highest BCUT2D eigenvalue weighted by Crippen LogP contribution is 2.21. The summed E-state index contributed by atoms with van der Waals surface area (Å²) >= 11 is 1.71. The molecule has 0 aliphatic carbocycles. The Balaban J connectivity index is 1.82. The van der Waals surface area contributed by atoms with Gasteiger partial charge in [0.25, 0.3) is 0 Å². The van der Waals surface area contributed by atoms with Gasteiger partial charge in [-0.05, 0) is 40.9 Å². The first kappa shape index (κ1) is 12.8. The van der Waals surface area contributed by atoms with E-state index >= 15 is 0 Å². The Bertz CT molecular complexity index is 696. The zero-order valence-corrected chi connectivity index (χ0v) is 11.7. The summed E-state index contributed by atoms with van der Waals surface area (Å²) in [5, 5.41) is 8.60. The molecule has 5 nitrogen and oxygen atoms in total. The second kappa shape index (κ2) is 5.85. The molecule has 0 saturated heterocycles. The van der Waals surface area contributed by atoms with Crippen molar-refractivity contribution in [2.24, 2.45) is 5.84 Å². The number of para-hydroxylation sites is 1. The van der Waals surface area contributed by atoms with Gasteiger partial charge >= 0.3 is 0 Å². The van der Waals surface area contributed by atoms with E-state index in [0.717, 1.165) is 29.7 Å². The van der Waals surface area contributed by atoms with E-state index in [4.69, 9.17) is 5.84 Å². The Morgan fingerprint density at radius 3 is 2.85 bits per heavy atom. The largest absolute Gasteiger partial charge is 0.369 e. The molecular formula is C14H15N5S. The number of nitrogens with one attached hydrogen (secondary N) is 2. The van der Waals surface area contributed by atoms with E-state index in [1.807, 2.05) is 24.3 Å². The van der Waals surface area contributed by atoms with Crippen LogP contribution in [0.5, 0.6) is 0 Å². The van der Waals surface area contributed by atoms with Crippen LogP contribution in [0.3, 0.4) is 0 Å². The molecule has 2 heterocycles. The third-order valence-corrected chi connectivity index (χ3v) is 3.75. The van der Waals surface area contributed by atoms with E-state index in [2.05, 4.69) is 37.5 Å². The van der Waals surface area contributed by atoms with Gasteiger partial charge in [-0.3, -0.25) is 5.43 Å². The lowest BCUT2D eigenvalue weighted by atomic mass is 10.2. The second-order valence-electron chi connectivity index (χ2n) is 4.37. The fourth-order valence-electron chi connectivity index (χ4n) is 2.04. The summed E-state index contributed by atoms with van der Waals surface area (Å²) in [5.41, 5.74) is 4.70. The molecular weight excluding hydrogens is 270 g/mol. The van der Waals surface area contributed by atoms with Gasteiger partial charge < -0.3 is 5.32 Å². The molecule has 0 amide bonds. The van der Waals surface area contributed by atoms with Gasteiger partial charge in [-0.2, -0.15) is 16.3 Å². The maximum absolute atomic E-state index is 5.41. The van der Waals surface area contributed by atoms with Crippen LogP contribution in [0.2, 0.25) is 0 Å². The monoisotopic (exact) mass is 285 g/mol. The first-order valence-electron chi connectivity index (χ1n) is 6.35. The van der Waals surface area contributed by atoms with Crippen LogP contribution >= 0.6 is 11.3 Å². The number of hydrogen-bond donors (Lipinski definition) is 3. The van der Waals surface area contributed by atoms with Crippen molar-refractivity contribution in [1.82, 2.24) is 9.97 Å². The van der Waals surface area contributed by atoms with Crippen LogP contribution in [0.15, 0.2) is 41.1 Å². The van der Waals surface area contributed by atoms with E-state index in [1.54, 1.807) is 11.3 Å². The molecule has 0 spiro atoms. The minimum Gasteiger partial charge on any atom is -0.369 e. The summed E-state index contributed by atoms with van der Waals surface area (Å²) in [6.45, 7) is 0.821. The average Bonchev–Trinajstić information content (AvgIpc) is 3.00. The highest BCUT2D eigenvalue weighted by Gasteiger charge is 2.06. The quantitative estimate of drug-likeness (QED) is 0.496. The highest BCUT2D eigenvalue weighted by atomic mass is 32.1. The van der Waals surface area contributed by atoms with Crippen LogP contribution in [0.1, 0.15) is 5.56 Å². The van der Waals surface area contributed by atoms with Crippen molar-refractivity contribution in [3.63, 3.8) is 0 Å². The van der Waals surface area contributed by atoms with E-state index in [-0.39, 0.29) is 0 Å². The van der Waals surface area contributed by atoms with E-state index < -0.39 is 0 Å². The van der Waals surface area contributed by atoms with Crippen molar-refractivity contribution in [3.8, 4) is 0 Å². The molecule has 0 aliphatic rings. The summed E-state index contributed by atoms with van der Waals surface area (Å²) in [5.74, 6) is 6.64. The minimum atomic E-state index is 0.418. The second-order valence-corrected chi connectivity index (χ2v) is 5.15. The Morgan fingerprint density at radius 1 is 1.15 bits per heavy atom. The lowest BCUT2D eigenvalue weighted by Crippen LogP contribution is -2.13. The van der Waals surface area contributed by atoms with E-state index in [0.29, 0.717) is 5.95 Å². The number of hydrogen-bond acceptors (Lipinski definition) is 6. The average molecular weight is 285 g/mol. The standard InChI is InChI=1S/C14H15N5S/c15-19-14-17-12-4-2-1-3-11(12)13(18-14)16-7-5-10-6-8-20-9-10/h1-4,6,8-9H,5,7,15H2,(H2,16,17,18,19). The predicted molar refractivity (Wildman–Crippen MR) is 83.9 cm³/mol. The summed E-state index contributed by atoms with van der Waals surface area (Å²) in [7, 11) is 0. The molecule has 0 atom stereocenters. The number of nitrogens with two attached hydrogens (primary N) is 1. The number of rotatable bonds is 5. The van der Waals surface area contributed by atoms with Crippen molar-refractivity contribution >= 4 is 34.0 Å². The summed E-state index contributed by atoms with van der Waals surface area (Å²) < 4.78 is 0. The summed E-state index contributed by atoms with van der Waals surface area (Å²) in [6, 6.07) is 10.0. The molecule has 2 aromatic heterocycles. The number of fused-ring (bicyclic) bond motifs is 1. The third kappa shape index (κ3) is 2.71. The molecule has 0 unspecified atom stereocenters. The van der Waals surface area contributed by atoms with Crippen molar-refractivity contribution in [3.05, 3.63) is 46.7 Å². The van der Waals surface area contributed by atoms with Crippen LogP contribution in [0.4, 0.5) is 11.8 Å². The maximum Gasteiger partial charge on any atom is 0.239 e. The zero-order chi connectivity index (χ0) is 13.8. The minimum absolute atomic E-state index is 0.418.